The lowest BCUT2D eigenvalue weighted by molar-refractivity contribution is 0.238. The summed E-state index contributed by atoms with van der Waals surface area (Å²) < 4.78 is 0. The second-order valence-corrected chi connectivity index (χ2v) is 6.49. The zero-order valence-electron chi connectivity index (χ0n) is 12.4. The van der Waals surface area contributed by atoms with Gasteiger partial charge < -0.3 is 4.98 Å². The quantitative estimate of drug-likeness (QED) is 0.939. The van der Waals surface area contributed by atoms with Crippen LogP contribution in [0.5, 0.6) is 0 Å². The average molecular weight is 290 g/mol. The molecule has 0 aromatic carbocycles. The Labute approximate surface area is 124 Å². The number of aromatic nitrogens is 3. The minimum atomic E-state index is 0.425. The fourth-order valence-electron chi connectivity index (χ4n) is 2.85. The van der Waals surface area contributed by atoms with Crippen molar-refractivity contribution >= 4 is 11.3 Å². The Kier molecular flexibility index (Phi) is 3.89. The number of rotatable bonds is 4. The van der Waals surface area contributed by atoms with Crippen LogP contribution < -0.4 is 0 Å². The van der Waals surface area contributed by atoms with Gasteiger partial charge >= 0.3 is 0 Å². The largest absolute Gasteiger partial charge is 0.345 e. The van der Waals surface area contributed by atoms with Crippen LogP contribution in [-0.2, 0) is 13.0 Å². The smallest absolute Gasteiger partial charge is 0.123 e. The van der Waals surface area contributed by atoms with Gasteiger partial charge in [0.2, 0.25) is 0 Å². The number of imidazole rings is 1. The van der Waals surface area contributed by atoms with Crippen LogP contribution in [0.2, 0.25) is 0 Å². The topological polar surface area (TPSA) is 44.8 Å². The van der Waals surface area contributed by atoms with Gasteiger partial charge in [0, 0.05) is 17.6 Å². The molecular weight excluding hydrogens is 268 g/mol. The van der Waals surface area contributed by atoms with Crippen LogP contribution in [0.3, 0.4) is 0 Å². The fraction of sp³-hybridized carbons (Fsp3) is 0.600. The number of H-pyrrole nitrogens is 1. The number of thiazole rings is 1. The van der Waals surface area contributed by atoms with E-state index in [0.29, 0.717) is 6.04 Å². The summed E-state index contributed by atoms with van der Waals surface area (Å²) in [6.07, 6.45) is 3.47. The van der Waals surface area contributed by atoms with E-state index < -0.39 is 0 Å². The molecule has 2 aromatic rings. The Hall–Kier alpha value is -1.20. The van der Waals surface area contributed by atoms with E-state index in [0.717, 1.165) is 31.0 Å². The Bertz CT molecular complexity index is 567. The third-order valence-corrected chi connectivity index (χ3v) is 5.13. The molecule has 1 aliphatic rings. The number of nitrogens with zero attached hydrogens (tertiary/aromatic N) is 3. The van der Waals surface area contributed by atoms with E-state index in [2.05, 4.69) is 41.0 Å². The van der Waals surface area contributed by atoms with E-state index in [4.69, 9.17) is 4.98 Å². The van der Waals surface area contributed by atoms with E-state index in [1.165, 1.54) is 29.2 Å². The predicted molar refractivity (Wildman–Crippen MR) is 81.9 cm³/mol. The first-order valence-electron chi connectivity index (χ1n) is 7.37. The number of hydrogen-bond donors (Lipinski definition) is 1. The third kappa shape index (κ3) is 2.65. The van der Waals surface area contributed by atoms with E-state index in [9.17, 15) is 0 Å². The van der Waals surface area contributed by atoms with Crippen molar-refractivity contribution in [2.75, 3.05) is 6.54 Å². The van der Waals surface area contributed by atoms with Crippen molar-refractivity contribution in [3.05, 3.63) is 33.3 Å². The summed E-state index contributed by atoms with van der Waals surface area (Å²) in [4.78, 5) is 15.3. The molecule has 108 valence electrons. The van der Waals surface area contributed by atoms with Gasteiger partial charge in [-0.1, -0.05) is 6.92 Å². The fourth-order valence-corrected chi connectivity index (χ4v) is 3.59. The second-order valence-electron chi connectivity index (χ2n) is 5.55. The molecule has 3 heterocycles. The number of aryl methyl sites for hydroxylation is 3. The highest BCUT2D eigenvalue weighted by Gasteiger charge is 2.29. The van der Waals surface area contributed by atoms with Gasteiger partial charge in [-0.05, 0) is 39.7 Å². The molecule has 0 amide bonds. The lowest BCUT2D eigenvalue weighted by Crippen LogP contribution is -2.23. The molecule has 3 rings (SSSR count). The molecule has 1 fully saturated rings. The molecule has 0 saturated carbocycles. The van der Waals surface area contributed by atoms with Gasteiger partial charge in [0.15, 0.2) is 0 Å². The molecule has 4 nitrogen and oxygen atoms in total. The standard InChI is InChI=1S/C15H22N4S/c1-4-14-18-12(9-20-14)8-19-7-5-6-13(19)15-16-10(2)11(3)17-15/h9,13H,4-8H2,1-3H3,(H,16,17). The summed E-state index contributed by atoms with van der Waals surface area (Å²) in [5, 5.41) is 3.44. The molecule has 1 unspecified atom stereocenters. The highest BCUT2D eigenvalue weighted by Crippen LogP contribution is 2.32. The van der Waals surface area contributed by atoms with Gasteiger partial charge in [-0.2, -0.15) is 0 Å². The molecule has 0 bridgehead atoms. The summed E-state index contributed by atoms with van der Waals surface area (Å²) in [5.74, 6) is 1.13. The van der Waals surface area contributed by atoms with Crippen LogP contribution in [0.4, 0.5) is 0 Å². The van der Waals surface area contributed by atoms with Gasteiger partial charge in [-0.15, -0.1) is 11.3 Å². The molecule has 0 spiro atoms. The van der Waals surface area contributed by atoms with Crippen molar-refractivity contribution in [1.82, 2.24) is 19.9 Å². The molecule has 2 aromatic heterocycles. The van der Waals surface area contributed by atoms with Gasteiger partial charge in [0.25, 0.3) is 0 Å². The first kappa shape index (κ1) is 13.8. The Morgan fingerprint density at radius 2 is 2.25 bits per heavy atom. The summed E-state index contributed by atoms with van der Waals surface area (Å²) in [7, 11) is 0. The molecule has 5 heteroatoms. The maximum Gasteiger partial charge on any atom is 0.123 e. The van der Waals surface area contributed by atoms with Crippen molar-refractivity contribution in [2.45, 2.75) is 52.6 Å². The van der Waals surface area contributed by atoms with Crippen LogP contribution in [-0.4, -0.2) is 26.4 Å². The maximum atomic E-state index is 4.69. The SMILES string of the molecule is CCc1nc(CN2CCCC2c2nc(C)c(C)[nH]2)cs1. The van der Waals surface area contributed by atoms with Crippen LogP contribution in [0.25, 0.3) is 0 Å². The minimum absolute atomic E-state index is 0.425. The van der Waals surface area contributed by atoms with E-state index in [-0.39, 0.29) is 0 Å². The summed E-state index contributed by atoms with van der Waals surface area (Å²) in [6, 6.07) is 0.425. The van der Waals surface area contributed by atoms with Crippen LogP contribution >= 0.6 is 11.3 Å². The summed E-state index contributed by atoms with van der Waals surface area (Å²) in [6.45, 7) is 8.42. The van der Waals surface area contributed by atoms with Crippen LogP contribution in [0.1, 0.15) is 53.7 Å². The van der Waals surface area contributed by atoms with Crippen molar-refractivity contribution in [3.8, 4) is 0 Å². The number of aromatic amines is 1. The van der Waals surface area contributed by atoms with E-state index in [1.807, 2.05) is 0 Å². The molecule has 0 radical (unpaired) electrons. The molecule has 0 aliphatic carbocycles. The van der Waals surface area contributed by atoms with Gasteiger partial charge in [-0.3, -0.25) is 4.90 Å². The molecule has 1 aliphatic heterocycles. The maximum absolute atomic E-state index is 4.69. The number of hydrogen-bond acceptors (Lipinski definition) is 4. The Balaban J connectivity index is 1.75. The molecular formula is C15H22N4S. The van der Waals surface area contributed by atoms with Gasteiger partial charge in [0.1, 0.15) is 5.82 Å². The Morgan fingerprint density at radius 3 is 2.90 bits per heavy atom. The third-order valence-electron chi connectivity index (χ3n) is 4.09. The van der Waals surface area contributed by atoms with E-state index in [1.54, 1.807) is 11.3 Å². The van der Waals surface area contributed by atoms with Crippen LogP contribution in [0, 0.1) is 13.8 Å². The lowest BCUT2D eigenvalue weighted by Gasteiger charge is -2.21. The Morgan fingerprint density at radius 1 is 1.40 bits per heavy atom. The van der Waals surface area contributed by atoms with E-state index >= 15 is 0 Å². The van der Waals surface area contributed by atoms with Gasteiger partial charge in [0.05, 0.1) is 22.4 Å². The highest BCUT2D eigenvalue weighted by molar-refractivity contribution is 7.09. The summed E-state index contributed by atoms with van der Waals surface area (Å²) in [5.41, 5.74) is 3.52. The van der Waals surface area contributed by atoms with Crippen LogP contribution in [0.15, 0.2) is 5.38 Å². The van der Waals surface area contributed by atoms with Crippen molar-refractivity contribution in [2.24, 2.45) is 0 Å². The molecule has 20 heavy (non-hydrogen) atoms. The first-order chi connectivity index (χ1) is 9.67. The second kappa shape index (κ2) is 5.66. The molecule has 1 atom stereocenters. The molecule has 1 N–H and O–H groups in total. The number of nitrogens with one attached hydrogen (secondary N) is 1. The van der Waals surface area contributed by atoms with Crippen molar-refractivity contribution < 1.29 is 0 Å². The lowest BCUT2D eigenvalue weighted by atomic mass is 10.2. The predicted octanol–water partition coefficient (Wildman–Crippen LogP) is 3.38. The average Bonchev–Trinajstić information content (AvgIpc) is 3.12. The zero-order valence-corrected chi connectivity index (χ0v) is 13.3. The zero-order chi connectivity index (χ0) is 14.1. The number of likely N-dealkylation sites (tertiary alicyclic amines) is 1. The van der Waals surface area contributed by atoms with Crippen molar-refractivity contribution in [1.29, 1.82) is 0 Å². The highest BCUT2D eigenvalue weighted by atomic mass is 32.1. The molecule has 1 saturated heterocycles. The van der Waals surface area contributed by atoms with Crippen molar-refractivity contribution in [3.63, 3.8) is 0 Å². The van der Waals surface area contributed by atoms with Gasteiger partial charge in [-0.25, -0.2) is 9.97 Å². The monoisotopic (exact) mass is 290 g/mol. The normalized spacial score (nSPS) is 19.9. The minimum Gasteiger partial charge on any atom is -0.345 e. The first-order valence-corrected chi connectivity index (χ1v) is 8.25. The summed E-state index contributed by atoms with van der Waals surface area (Å²) >= 11 is 1.78.